The summed E-state index contributed by atoms with van der Waals surface area (Å²) in [6.45, 7) is 2.27. The smallest absolute Gasteiger partial charge is 0.259 e. The van der Waals surface area contributed by atoms with Crippen molar-refractivity contribution in [2.75, 3.05) is 10.6 Å². The van der Waals surface area contributed by atoms with Gasteiger partial charge in [0.15, 0.2) is 0 Å². The number of aryl methyl sites for hydroxylation is 1. The van der Waals surface area contributed by atoms with E-state index in [0.29, 0.717) is 34.9 Å². The molecule has 0 radical (unpaired) electrons. The van der Waals surface area contributed by atoms with E-state index in [4.69, 9.17) is 4.74 Å². The van der Waals surface area contributed by atoms with Crippen LogP contribution < -0.4 is 15.4 Å². The van der Waals surface area contributed by atoms with Crippen molar-refractivity contribution in [3.8, 4) is 5.75 Å². The maximum absolute atomic E-state index is 12.9. The van der Waals surface area contributed by atoms with Crippen molar-refractivity contribution >= 4 is 23.2 Å². The zero-order chi connectivity index (χ0) is 23.0. The summed E-state index contributed by atoms with van der Waals surface area (Å²) in [6, 6.07) is 31.4. The van der Waals surface area contributed by atoms with Crippen LogP contribution in [0.25, 0.3) is 0 Å². The second-order valence-electron chi connectivity index (χ2n) is 7.57. The quantitative estimate of drug-likeness (QED) is 0.369. The van der Waals surface area contributed by atoms with Crippen molar-refractivity contribution in [3.05, 3.63) is 125 Å². The normalized spacial score (nSPS) is 10.3. The number of carbonyl (C=O) groups is 2. The van der Waals surface area contributed by atoms with Crippen molar-refractivity contribution in [2.45, 2.75) is 13.5 Å². The van der Waals surface area contributed by atoms with Crippen LogP contribution in [0.3, 0.4) is 0 Å². The molecule has 0 aliphatic rings. The molecule has 0 aliphatic carbocycles. The van der Waals surface area contributed by atoms with Gasteiger partial charge >= 0.3 is 0 Å². The van der Waals surface area contributed by atoms with Gasteiger partial charge in [0.2, 0.25) is 0 Å². The average molecular weight is 437 g/mol. The van der Waals surface area contributed by atoms with Crippen molar-refractivity contribution in [3.63, 3.8) is 0 Å². The molecular formula is C28H24N2O3. The molecule has 33 heavy (non-hydrogen) atoms. The highest BCUT2D eigenvalue weighted by atomic mass is 16.5. The highest BCUT2D eigenvalue weighted by molar-refractivity contribution is 6.07. The fraction of sp³-hybridized carbons (Fsp3) is 0.0714. The van der Waals surface area contributed by atoms with Gasteiger partial charge in [0.05, 0.1) is 5.56 Å². The first-order valence-corrected chi connectivity index (χ1v) is 10.6. The Morgan fingerprint density at radius 2 is 1.15 bits per heavy atom. The van der Waals surface area contributed by atoms with E-state index in [0.717, 1.165) is 11.1 Å². The minimum absolute atomic E-state index is 0.172. The van der Waals surface area contributed by atoms with Gasteiger partial charge in [-0.3, -0.25) is 9.59 Å². The van der Waals surface area contributed by atoms with E-state index in [9.17, 15) is 9.59 Å². The number of nitrogens with one attached hydrogen (secondary N) is 2. The van der Waals surface area contributed by atoms with Crippen LogP contribution in [0, 0.1) is 6.92 Å². The summed E-state index contributed by atoms with van der Waals surface area (Å²) < 4.78 is 5.89. The Balaban J connectivity index is 1.40. The van der Waals surface area contributed by atoms with Crippen molar-refractivity contribution in [2.24, 2.45) is 0 Å². The van der Waals surface area contributed by atoms with Crippen molar-refractivity contribution < 1.29 is 14.3 Å². The molecule has 0 bridgehead atoms. The van der Waals surface area contributed by atoms with Gasteiger partial charge in [-0.25, -0.2) is 0 Å². The van der Waals surface area contributed by atoms with E-state index >= 15 is 0 Å². The first kappa shape index (κ1) is 21.8. The van der Waals surface area contributed by atoms with Gasteiger partial charge in [-0.05, 0) is 60.5 Å². The van der Waals surface area contributed by atoms with Crippen LogP contribution >= 0.6 is 0 Å². The molecule has 0 unspecified atom stereocenters. The Kier molecular flexibility index (Phi) is 6.81. The van der Waals surface area contributed by atoms with E-state index in [1.165, 1.54) is 0 Å². The number of ether oxygens (including phenoxy) is 1. The first-order chi connectivity index (χ1) is 16.1. The number of benzene rings is 4. The third-order valence-electron chi connectivity index (χ3n) is 5.16. The summed E-state index contributed by atoms with van der Waals surface area (Å²) in [5.74, 6) is 0.0747. The van der Waals surface area contributed by atoms with Gasteiger partial charge in [0.1, 0.15) is 12.4 Å². The van der Waals surface area contributed by atoms with E-state index in [-0.39, 0.29) is 11.8 Å². The Hall–Kier alpha value is -4.38. The topological polar surface area (TPSA) is 67.4 Å². The summed E-state index contributed by atoms with van der Waals surface area (Å²) in [7, 11) is 0. The minimum Gasteiger partial charge on any atom is -0.488 e. The number of amides is 2. The summed E-state index contributed by atoms with van der Waals surface area (Å²) in [6.07, 6.45) is 0. The van der Waals surface area contributed by atoms with Crippen LogP contribution in [0.15, 0.2) is 103 Å². The van der Waals surface area contributed by atoms with Gasteiger partial charge in [-0.1, -0.05) is 60.7 Å². The molecule has 164 valence electrons. The highest BCUT2D eigenvalue weighted by Gasteiger charge is 2.13. The number of carbonyl (C=O) groups excluding carboxylic acids is 2. The molecule has 0 saturated heterocycles. The fourth-order valence-corrected chi connectivity index (χ4v) is 3.38. The highest BCUT2D eigenvalue weighted by Crippen LogP contribution is 2.22. The Labute approximate surface area is 193 Å². The predicted octanol–water partition coefficient (Wildman–Crippen LogP) is 6.08. The number of anilines is 2. The Morgan fingerprint density at radius 1 is 0.636 bits per heavy atom. The lowest BCUT2D eigenvalue weighted by Gasteiger charge is -2.12. The first-order valence-electron chi connectivity index (χ1n) is 10.6. The van der Waals surface area contributed by atoms with Gasteiger partial charge in [0, 0.05) is 16.9 Å². The molecule has 4 aromatic rings. The van der Waals surface area contributed by atoms with Gasteiger partial charge in [-0.15, -0.1) is 0 Å². The molecule has 0 saturated carbocycles. The standard InChI is InChI=1S/C28H24N2O3/c1-20-9-5-6-12-24(20)27(31)29-22-15-17-23(18-16-22)30-28(32)25-13-7-8-14-26(25)33-19-21-10-3-2-4-11-21/h2-18H,19H2,1H3,(H,29,31)(H,30,32). The van der Waals surface area contributed by atoms with E-state index in [2.05, 4.69) is 10.6 Å². The summed E-state index contributed by atoms with van der Waals surface area (Å²) in [4.78, 5) is 25.4. The number of hydrogen-bond donors (Lipinski definition) is 2. The van der Waals surface area contributed by atoms with Gasteiger partial charge in [0.25, 0.3) is 11.8 Å². The van der Waals surface area contributed by atoms with E-state index < -0.39 is 0 Å². The molecule has 0 atom stereocenters. The Morgan fingerprint density at radius 3 is 1.79 bits per heavy atom. The van der Waals surface area contributed by atoms with E-state index in [1.807, 2.05) is 61.5 Å². The second-order valence-corrected chi connectivity index (χ2v) is 7.57. The van der Waals surface area contributed by atoms with Crippen LogP contribution in [-0.4, -0.2) is 11.8 Å². The fourth-order valence-electron chi connectivity index (χ4n) is 3.38. The largest absolute Gasteiger partial charge is 0.488 e. The van der Waals surface area contributed by atoms with Crippen LogP contribution in [0.1, 0.15) is 31.8 Å². The molecule has 0 spiro atoms. The van der Waals surface area contributed by atoms with Crippen molar-refractivity contribution in [1.29, 1.82) is 0 Å². The molecule has 2 N–H and O–H groups in total. The second kappa shape index (κ2) is 10.3. The molecular weight excluding hydrogens is 412 g/mol. The van der Waals surface area contributed by atoms with Crippen LogP contribution in [0.5, 0.6) is 5.75 Å². The zero-order valence-electron chi connectivity index (χ0n) is 18.2. The third-order valence-corrected chi connectivity index (χ3v) is 5.16. The summed E-state index contributed by atoms with van der Waals surface area (Å²) in [5, 5.41) is 5.77. The minimum atomic E-state index is -0.268. The molecule has 5 nitrogen and oxygen atoms in total. The van der Waals surface area contributed by atoms with Crippen LogP contribution in [0.4, 0.5) is 11.4 Å². The molecule has 4 aromatic carbocycles. The summed E-state index contributed by atoms with van der Waals surface area (Å²) >= 11 is 0. The maximum atomic E-state index is 12.9. The van der Waals surface area contributed by atoms with Crippen molar-refractivity contribution in [1.82, 2.24) is 0 Å². The van der Waals surface area contributed by atoms with E-state index in [1.54, 1.807) is 48.5 Å². The SMILES string of the molecule is Cc1ccccc1C(=O)Nc1ccc(NC(=O)c2ccccc2OCc2ccccc2)cc1. The Bertz CT molecular complexity index is 1250. The summed E-state index contributed by atoms with van der Waals surface area (Å²) in [5.41, 5.74) is 4.27. The monoisotopic (exact) mass is 436 g/mol. The predicted molar refractivity (Wildman–Crippen MR) is 131 cm³/mol. The lowest BCUT2D eigenvalue weighted by atomic mass is 10.1. The number of rotatable bonds is 7. The molecule has 2 amide bonds. The lowest BCUT2D eigenvalue weighted by molar-refractivity contribution is 0.101. The molecule has 4 rings (SSSR count). The van der Waals surface area contributed by atoms with Crippen LogP contribution in [-0.2, 0) is 6.61 Å². The molecule has 0 aromatic heterocycles. The van der Waals surface area contributed by atoms with Gasteiger partial charge < -0.3 is 15.4 Å². The average Bonchev–Trinajstić information content (AvgIpc) is 2.85. The molecule has 0 aliphatic heterocycles. The lowest BCUT2D eigenvalue weighted by Crippen LogP contribution is -2.14. The van der Waals surface area contributed by atoms with Crippen LogP contribution in [0.2, 0.25) is 0 Å². The number of para-hydroxylation sites is 1. The molecule has 0 heterocycles. The molecule has 0 fully saturated rings. The third kappa shape index (κ3) is 5.66. The zero-order valence-corrected chi connectivity index (χ0v) is 18.2. The maximum Gasteiger partial charge on any atom is 0.259 e. The molecule has 5 heteroatoms. The van der Waals surface area contributed by atoms with Gasteiger partial charge in [-0.2, -0.15) is 0 Å². The number of hydrogen-bond acceptors (Lipinski definition) is 3.